The third kappa shape index (κ3) is 4.58. The van der Waals surface area contributed by atoms with E-state index >= 15 is 0 Å². The largest absolute Gasteiger partial charge is 0.480 e. The molecule has 1 aliphatic carbocycles. The molecule has 2 aliphatic rings. The summed E-state index contributed by atoms with van der Waals surface area (Å²) in [5, 5.41) is 11.5. The van der Waals surface area contributed by atoms with Gasteiger partial charge in [-0.2, -0.15) is 13.2 Å². The summed E-state index contributed by atoms with van der Waals surface area (Å²) in [6.45, 7) is 0.278. The molecule has 9 heteroatoms. The molecular weight excluding hydrogens is 365 g/mol. The first kappa shape index (κ1) is 19.2. The van der Waals surface area contributed by atoms with Crippen LogP contribution >= 0.6 is 0 Å². The topological polar surface area (TPSA) is 86.7 Å². The van der Waals surface area contributed by atoms with Gasteiger partial charge in [-0.05, 0) is 37.0 Å². The molecule has 0 radical (unpaired) electrons. The second kappa shape index (κ2) is 7.21. The Balaban J connectivity index is 1.89. The highest BCUT2D eigenvalue weighted by molar-refractivity contribution is 6.00. The summed E-state index contributed by atoms with van der Waals surface area (Å²) in [5.74, 6) is -2.22. The predicted octanol–water partition coefficient (Wildman–Crippen LogP) is 2.82. The standard InChI is InChI=1S/C18H19F3N2O4/c19-18(20,21)12-7-11(8-13(9-12)23-5-1-2-15(23)24)16(25)22-14(17(26)27)6-10-3-4-10/h7-10,14H,1-6H2,(H,22,25)(H,26,27). The van der Waals surface area contributed by atoms with Crippen molar-refractivity contribution in [1.82, 2.24) is 5.32 Å². The zero-order valence-electron chi connectivity index (χ0n) is 14.4. The fourth-order valence-corrected chi connectivity index (χ4v) is 3.13. The van der Waals surface area contributed by atoms with Crippen molar-refractivity contribution in [3.8, 4) is 0 Å². The Hall–Kier alpha value is -2.58. The lowest BCUT2D eigenvalue weighted by Crippen LogP contribution is -2.41. The molecular formula is C18H19F3N2O4. The Morgan fingerprint density at radius 1 is 1.26 bits per heavy atom. The normalized spacial score (nSPS) is 18.5. The predicted molar refractivity (Wildman–Crippen MR) is 89.3 cm³/mol. The summed E-state index contributed by atoms with van der Waals surface area (Å²) >= 11 is 0. The fraction of sp³-hybridized carbons (Fsp3) is 0.500. The number of carboxylic acid groups (broad SMARTS) is 1. The Morgan fingerprint density at radius 2 is 1.96 bits per heavy atom. The van der Waals surface area contributed by atoms with Crippen LogP contribution in [0.4, 0.5) is 18.9 Å². The number of hydrogen-bond acceptors (Lipinski definition) is 3. The van der Waals surface area contributed by atoms with Crippen molar-refractivity contribution in [1.29, 1.82) is 0 Å². The van der Waals surface area contributed by atoms with Gasteiger partial charge in [-0.3, -0.25) is 9.59 Å². The summed E-state index contributed by atoms with van der Waals surface area (Å²) in [5.41, 5.74) is -1.38. The van der Waals surface area contributed by atoms with Crippen molar-refractivity contribution >= 4 is 23.5 Å². The molecule has 1 heterocycles. The first-order chi connectivity index (χ1) is 12.6. The molecule has 1 unspecified atom stereocenters. The maximum Gasteiger partial charge on any atom is 0.416 e. The lowest BCUT2D eigenvalue weighted by Gasteiger charge is -2.20. The monoisotopic (exact) mass is 384 g/mol. The number of benzene rings is 1. The van der Waals surface area contributed by atoms with Gasteiger partial charge in [0.25, 0.3) is 5.91 Å². The van der Waals surface area contributed by atoms with Crippen LogP contribution in [0, 0.1) is 5.92 Å². The minimum Gasteiger partial charge on any atom is -0.480 e. The highest BCUT2D eigenvalue weighted by Gasteiger charge is 2.35. The van der Waals surface area contributed by atoms with Gasteiger partial charge in [-0.25, -0.2) is 4.79 Å². The van der Waals surface area contributed by atoms with Gasteiger partial charge in [-0.1, -0.05) is 12.8 Å². The molecule has 1 aromatic rings. The number of carbonyl (C=O) groups excluding carboxylic acids is 2. The number of amides is 2. The third-order valence-corrected chi connectivity index (χ3v) is 4.76. The summed E-state index contributed by atoms with van der Waals surface area (Å²) in [4.78, 5) is 36.9. The van der Waals surface area contributed by atoms with E-state index in [1.54, 1.807) is 0 Å². The number of rotatable bonds is 6. The van der Waals surface area contributed by atoms with Crippen LogP contribution in [0.3, 0.4) is 0 Å². The number of carbonyl (C=O) groups is 3. The van der Waals surface area contributed by atoms with E-state index in [2.05, 4.69) is 5.32 Å². The van der Waals surface area contributed by atoms with Gasteiger partial charge in [0, 0.05) is 24.2 Å². The van der Waals surface area contributed by atoms with Gasteiger partial charge in [0.05, 0.1) is 5.56 Å². The molecule has 2 amide bonds. The van der Waals surface area contributed by atoms with E-state index in [0.717, 1.165) is 18.9 Å². The van der Waals surface area contributed by atoms with Crippen LogP contribution in [0.15, 0.2) is 18.2 Å². The van der Waals surface area contributed by atoms with Crippen LogP contribution in [0.2, 0.25) is 0 Å². The van der Waals surface area contributed by atoms with E-state index in [0.29, 0.717) is 12.5 Å². The molecule has 2 fully saturated rings. The van der Waals surface area contributed by atoms with E-state index in [-0.39, 0.29) is 42.5 Å². The average Bonchev–Trinajstić information content (AvgIpc) is 3.31. The number of nitrogens with zero attached hydrogens (tertiary/aromatic N) is 1. The number of halogens is 3. The summed E-state index contributed by atoms with van der Waals surface area (Å²) < 4.78 is 39.7. The number of alkyl halides is 3. The number of anilines is 1. The molecule has 2 N–H and O–H groups in total. The van der Waals surface area contributed by atoms with Gasteiger partial charge in [0.1, 0.15) is 6.04 Å². The van der Waals surface area contributed by atoms with E-state index in [1.165, 1.54) is 11.0 Å². The van der Waals surface area contributed by atoms with Crippen LogP contribution in [-0.2, 0) is 15.8 Å². The Kier molecular flexibility index (Phi) is 5.12. The van der Waals surface area contributed by atoms with Crippen LogP contribution in [-0.4, -0.2) is 35.5 Å². The van der Waals surface area contributed by atoms with Crippen molar-refractivity contribution in [3.63, 3.8) is 0 Å². The SMILES string of the molecule is O=C(NC(CC1CC1)C(=O)O)c1cc(N2CCCC2=O)cc(C(F)(F)F)c1. The zero-order chi connectivity index (χ0) is 19.8. The van der Waals surface area contributed by atoms with E-state index in [9.17, 15) is 32.7 Å². The second-order valence-corrected chi connectivity index (χ2v) is 6.96. The Labute approximate surface area is 153 Å². The van der Waals surface area contributed by atoms with Gasteiger partial charge in [0.15, 0.2) is 0 Å². The number of carboxylic acids is 1. The Bertz CT molecular complexity index is 774. The number of aliphatic carboxylic acids is 1. The van der Waals surface area contributed by atoms with Gasteiger partial charge in [0.2, 0.25) is 5.91 Å². The van der Waals surface area contributed by atoms with Crippen molar-refractivity contribution in [2.75, 3.05) is 11.4 Å². The van der Waals surface area contributed by atoms with Crippen LogP contribution < -0.4 is 10.2 Å². The summed E-state index contributed by atoms with van der Waals surface area (Å²) in [6, 6.07) is 1.55. The van der Waals surface area contributed by atoms with Gasteiger partial charge in [-0.15, -0.1) is 0 Å². The van der Waals surface area contributed by atoms with Crippen molar-refractivity contribution in [2.45, 2.75) is 44.3 Å². The maximum atomic E-state index is 13.2. The zero-order valence-corrected chi connectivity index (χ0v) is 14.4. The third-order valence-electron chi connectivity index (χ3n) is 4.76. The van der Waals surface area contributed by atoms with Gasteiger partial charge < -0.3 is 15.3 Å². The van der Waals surface area contributed by atoms with E-state index in [1.807, 2.05) is 0 Å². The minimum atomic E-state index is -4.70. The van der Waals surface area contributed by atoms with Crippen LogP contribution in [0.1, 0.15) is 48.0 Å². The first-order valence-electron chi connectivity index (χ1n) is 8.71. The summed E-state index contributed by atoms with van der Waals surface area (Å²) in [7, 11) is 0. The second-order valence-electron chi connectivity index (χ2n) is 6.96. The maximum absolute atomic E-state index is 13.2. The highest BCUT2D eigenvalue weighted by atomic mass is 19.4. The highest BCUT2D eigenvalue weighted by Crippen LogP contribution is 2.35. The van der Waals surface area contributed by atoms with Crippen molar-refractivity contribution in [3.05, 3.63) is 29.3 Å². The van der Waals surface area contributed by atoms with Crippen molar-refractivity contribution in [2.24, 2.45) is 5.92 Å². The molecule has 1 saturated heterocycles. The minimum absolute atomic E-state index is 0.00783. The molecule has 0 bridgehead atoms. The first-order valence-corrected chi connectivity index (χ1v) is 8.71. The molecule has 6 nitrogen and oxygen atoms in total. The molecule has 0 aromatic heterocycles. The molecule has 146 valence electrons. The molecule has 1 atom stereocenters. The van der Waals surface area contributed by atoms with Crippen LogP contribution in [0.25, 0.3) is 0 Å². The lowest BCUT2D eigenvalue weighted by atomic mass is 10.1. The van der Waals surface area contributed by atoms with E-state index < -0.39 is 29.7 Å². The molecule has 1 aromatic carbocycles. The molecule has 0 spiro atoms. The quantitative estimate of drug-likeness (QED) is 0.790. The van der Waals surface area contributed by atoms with Gasteiger partial charge >= 0.3 is 12.1 Å². The fourth-order valence-electron chi connectivity index (χ4n) is 3.13. The smallest absolute Gasteiger partial charge is 0.416 e. The summed E-state index contributed by atoms with van der Waals surface area (Å²) in [6.07, 6.45) is -1.93. The van der Waals surface area contributed by atoms with E-state index in [4.69, 9.17) is 0 Å². The van der Waals surface area contributed by atoms with Crippen molar-refractivity contribution < 1.29 is 32.7 Å². The molecule has 3 rings (SSSR count). The number of nitrogens with one attached hydrogen (secondary N) is 1. The lowest BCUT2D eigenvalue weighted by molar-refractivity contribution is -0.140. The van der Waals surface area contributed by atoms with Crippen LogP contribution in [0.5, 0.6) is 0 Å². The number of hydrogen-bond donors (Lipinski definition) is 2. The average molecular weight is 384 g/mol. The molecule has 1 aliphatic heterocycles. The molecule has 1 saturated carbocycles. The molecule has 27 heavy (non-hydrogen) atoms. The Morgan fingerprint density at radius 3 is 2.48 bits per heavy atom.